The van der Waals surface area contributed by atoms with Gasteiger partial charge < -0.3 is 15.5 Å². The lowest BCUT2D eigenvalue weighted by molar-refractivity contribution is -0.126. The number of nitrogens with one attached hydrogen (secondary N) is 1. The quantitative estimate of drug-likeness (QED) is 0.785. The van der Waals surface area contributed by atoms with Crippen molar-refractivity contribution in [2.75, 3.05) is 20.6 Å². The van der Waals surface area contributed by atoms with Crippen LogP contribution in [0.3, 0.4) is 0 Å². The zero-order valence-corrected chi connectivity index (χ0v) is 12.3. The third-order valence-electron chi connectivity index (χ3n) is 3.66. The van der Waals surface area contributed by atoms with E-state index in [2.05, 4.69) is 5.32 Å². The molecule has 1 amide bonds. The van der Waals surface area contributed by atoms with Crippen molar-refractivity contribution < 1.29 is 9.21 Å². The Hall–Kier alpha value is -1.33. The first-order valence-electron chi connectivity index (χ1n) is 6.71. The van der Waals surface area contributed by atoms with E-state index in [0.717, 1.165) is 5.76 Å². The van der Waals surface area contributed by atoms with Crippen molar-refractivity contribution in [3.8, 4) is 0 Å². The molecule has 3 N–H and O–H groups in total. The van der Waals surface area contributed by atoms with Crippen LogP contribution in [0.4, 0.5) is 0 Å². The number of likely N-dealkylation sites (N-methyl/N-ethyl adjacent to an activating group) is 1. The van der Waals surface area contributed by atoms with Crippen molar-refractivity contribution in [2.24, 2.45) is 5.73 Å². The molecule has 108 valence electrons. The van der Waals surface area contributed by atoms with E-state index < -0.39 is 5.54 Å². The molecule has 0 fully saturated rings. The van der Waals surface area contributed by atoms with Crippen molar-refractivity contribution >= 4 is 5.91 Å². The van der Waals surface area contributed by atoms with Crippen LogP contribution < -0.4 is 11.1 Å². The highest BCUT2D eigenvalue weighted by Crippen LogP contribution is 2.18. The van der Waals surface area contributed by atoms with Gasteiger partial charge in [-0.15, -0.1) is 0 Å². The van der Waals surface area contributed by atoms with Gasteiger partial charge in [0.1, 0.15) is 5.76 Å². The molecular weight excluding hydrogens is 242 g/mol. The molecule has 0 aromatic carbocycles. The van der Waals surface area contributed by atoms with Gasteiger partial charge in [0, 0.05) is 6.54 Å². The summed E-state index contributed by atoms with van der Waals surface area (Å²) in [6.45, 7) is 4.34. The van der Waals surface area contributed by atoms with Gasteiger partial charge in [-0.05, 0) is 39.1 Å². The summed E-state index contributed by atoms with van der Waals surface area (Å²) in [6, 6.07) is 3.77. The lowest BCUT2D eigenvalue weighted by atomic mass is 9.93. The molecule has 1 aromatic rings. The summed E-state index contributed by atoms with van der Waals surface area (Å²) in [6.07, 6.45) is 2.89. The van der Waals surface area contributed by atoms with E-state index in [9.17, 15) is 4.79 Å². The van der Waals surface area contributed by atoms with Gasteiger partial charge in [0.25, 0.3) is 0 Å². The number of hydrogen-bond acceptors (Lipinski definition) is 4. The molecule has 1 aromatic heterocycles. The highest BCUT2D eigenvalue weighted by atomic mass is 16.3. The maximum Gasteiger partial charge on any atom is 0.240 e. The number of nitrogens with two attached hydrogens (primary N) is 1. The fourth-order valence-corrected chi connectivity index (χ4v) is 1.96. The van der Waals surface area contributed by atoms with Crippen molar-refractivity contribution in [2.45, 2.75) is 38.3 Å². The first kappa shape index (κ1) is 15.7. The first-order valence-corrected chi connectivity index (χ1v) is 6.71. The Labute approximate surface area is 115 Å². The summed E-state index contributed by atoms with van der Waals surface area (Å²) in [7, 11) is 3.91. The monoisotopic (exact) mass is 267 g/mol. The number of carbonyl (C=O) groups excluding carboxylic acids is 1. The van der Waals surface area contributed by atoms with E-state index in [-0.39, 0.29) is 11.9 Å². The minimum absolute atomic E-state index is 0.0110. The number of rotatable bonds is 7. The normalized spacial score (nSPS) is 13.6. The lowest BCUT2D eigenvalue weighted by Gasteiger charge is -2.28. The summed E-state index contributed by atoms with van der Waals surface area (Å²) in [5.41, 5.74) is 5.29. The van der Waals surface area contributed by atoms with Crippen molar-refractivity contribution in [3.05, 3.63) is 24.2 Å². The molecule has 0 aliphatic rings. The van der Waals surface area contributed by atoms with Crippen LogP contribution in [0.2, 0.25) is 0 Å². The minimum atomic E-state index is -0.778. The van der Waals surface area contributed by atoms with E-state index in [0.29, 0.717) is 19.4 Å². The average molecular weight is 267 g/mol. The molecule has 0 radical (unpaired) electrons. The van der Waals surface area contributed by atoms with Gasteiger partial charge in [-0.1, -0.05) is 13.8 Å². The predicted molar refractivity (Wildman–Crippen MR) is 75.6 cm³/mol. The van der Waals surface area contributed by atoms with Crippen LogP contribution in [0, 0.1) is 0 Å². The highest BCUT2D eigenvalue weighted by molar-refractivity contribution is 5.85. The molecule has 0 saturated heterocycles. The summed E-state index contributed by atoms with van der Waals surface area (Å²) in [5.74, 6) is 0.733. The Kier molecular flexibility index (Phi) is 5.57. The van der Waals surface area contributed by atoms with Crippen molar-refractivity contribution in [3.63, 3.8) is 0 Å². The number of nitrogens with zero attached hydrogens (tertiary/aromatic N) is 1. The smallest absolute Gasteiger partial charge is 0.240 e. The summed E-state index contributed by atoms with van der Waals surface area (Å²) < 4.78 is 5.40. The van der Waals surface area contributed by atoms with Gasteiger partial charge in [0.15, 0.2) is 0 Å². The van der Waals surface area contributed by atoms with Gasteiger partial charge in [-0.3, -0.25) is 9.69 Å². The highest BCUT2D eigenvalue weighted by Gasteiger charge is 2.30. The second kappa shape index (κ2) is 6.73. The van der Waals surface area contributed by atoms with E-state index in [1.165, 1.54) is 0 Å². The van der Waals surface area contributed by atoms with Crippen LogP contribution >= 0.6 is 0 Å². The summed E-state index contributed by atoms with van der Waals surface area (Å²) in [5, 5.41) is 2.93. The Morgan fingerprint density at radius 2 is 2.11 bits per heavy atom. The molecule has 0 aliphatic heterocycles. The molecule has 5 heteroatoms. The predicted octanol–water partition coefficient (Wildman–Crippen LogP) is 1.52. The fourth-order valence-electron chi connectivity index (χ4n) is 1.96. The molecule has 1 heterocycles. The van der Waals surface area contributed by atoms with Crippen LogP contribution in [0.1, 0.15) is 38.5 Å². The van der Waals surface area contributed by atoms with Gasteiger partial charge in [0.05, 0.1) is 17.8 Å². The lowest BCUT2D eigenvalue weighted by Crippen LogP contribution is -2.54. The van der Waals surface area contributed by atoms with Gasteiger partial charge >= 0.3 is 0 Å². The Morgan fingerprint density at radius 3 is 2.53 bits per heavy atom. The van der Waals surface area contributed by atoms with Crippen LogP contribution in [0.15, 0.2) is 22.8 Å². The second-order valence-electron chi connectivity index (χ2n) is 5.07. The number of amides is 1. The molecule has 5 nitrogen and oxygen atoms in total. The molecule has 19 heavy (non-hydrogen) atoms. The van der Waals surface area contributed by atoms with Gasteiger partial charge in [-0.25, -0.2) is 0 Å². The minimum Gasteiger partial charge on any atom is -0.468 e. The number of hydrogen-bond donors (Lipinski definition) is 2. The SMILES string of the molecule is CCC(N)(CC)C(=O)NCC(c1ccco1)N(C)C. The molecular formula is C14H25N3O2. The van der Waals surface area contributed by atoms with E-state index >= 15 is 0 Å². The molecule has 0 saturated carbocycles. The van der Waals surface area contributed by atoms with Crippen molar-refractivity contribution in [1.82, 2.24) is 10.2 Å². The molecule has 0 bridgehead atoms. The summed E-state index contributed by atoms with van der Waals surface area (Å²) in [4.78, 5) is 14.1. The molecule has 1 atom stereocenters. The van der Waals surface area contributed by atoms with Crippen LogP contribution in [0.5, 0.6) is 0 Å². The number of furan rings is 1. The topological polar surface area (TPSA) is 71.5 Å². The third-order valence-corrected chi connectivity index (χ3v) is 3.66. The maximum atomic E-state index is 12.1. The molecule has 1 unspecified atom stereocenters. The largest absolute Gasteiger partial charge is 0.468 e. The van der Waals surface area contributed by atoms with Gasteiger partial charge in [-0.2, -0.15) is 0 Å². The number of carbonyl (C=O) groups is 1. The standard InChI is InChI=1S/C14H25N3O2/c1-5-14(15,6-2)13(18)16-10-11(17(3)4)12-8-7-9-19-12/h7-9,11H,5-6,10,15H2,1-4H3,(H,16,18). The summed E-state index contributed by atoms with van der Waals surface area (Å²) >= 11 is 0. The fraction of sp³-hybridized carbons (Fsp3) is 0.643. The second-order valence-corrected chi connectivity index (χ2v) is 5.07. The average Bonchev–Trinajstić information content (AvgIpc) is 2.91. The van der Waals surface area contributed by atoms with Gasteiger partial charge in [0.2, 0.25) is 5.91 Å². The Balaban J connectivity index is 2.66. The van der Waals surface area contributed by atoms with Crippen LogP contribution in [-0.4, -0.2) is 37.0 Å². The van der Waals surface area contributed by atoms with Crippen LogP contribution in [-0.2, 0) is 4.79 Å². The first-order chi connectivity index (χ1) is 8.94. The molecule has 0 spiro atoms. The van der Waals surface area contributed by atoms with Crippen molar-refractivity contribution in [1.29, 1.82) is 0 Å². The molecule has 1 rings (SSSR count). The van der Waals surface area contributed by atoms with E-state index in [1.807, 2.05) is 45.0 Å². The zero-order valence-electron chi connectivity index (χ0n) is 12.3. The van der Waals surface area contributed by atoms with E-state index in [4.69, 9.17) is 10.2 Å². The maximum absolute atomic E-state index is 12.1. The Bertz CT molecular complexity index is 383. The van der Waals surface area contributed by atoms with E-state index in [1.54, 1.807) is 6.26 Å². The Morgan fingerprint density at radius 1 is 1.47 bits per heavy atom. The molecule has 0 aliphatic carbocycles. The zero-order chi connectivity index (χ0) is 14.5. The van der Waals surface area contributed by atoms with Crippen LogP contribution in [0.25, 0.3) is 0 Å². The third kappa shape index (κ3) is 3.81.